The topological polar surface area (TPSA) is 64.6 Å². The molecule has 1 N–H and O–H groups in total. The van der Waals surface area contributed by atoms with Crippen molar-refractivity contribution in [3.8, 4) is 0 Å². The summed E-state index contributed by atoms with van der Waals surface area (Å²) in [6.45, 7) is 12.8. The second-order valence-electron chi connectivity index (χ2n) is 7.43. The Morgan fingerprint density at radius 1 is 1.41 bits per heavy atom. The molecule has 1 heterocycles. The zero-order valence-corrected chi connectivity index (χ0v) is 15.7. The zero-order chi connectivity index (χ0) is 17.1. The Kier molecular flexibility index (Phi) is 5.98. The molecule has 1 fully saturated rings. The summed E-state index contributed by atoms with van der Waals surface area (Å²) in [6, 6.07) is -0.152. The van der Waals surface area contributed by atoms with Crippen molar-refractivity contribution in [3.63, 3.8) is 0 Å². The minimum atomic E-state index is -1.93. The molecule has 6 heteroatoms. The predicted molar refractivity (Wildman–Crippen MR) is 88.9 cm³/mol. The van der Waals surface area contributed by atoms with E-state index in [1.165, 1.54) is 19.4 Å². The molecule has 0 radical (unpaired) electrons. The number of carbonyl (C=O) groups is 2. The first-order valence-corrected chi connectivity index (χ1v) is 10.6. The molecule has 0 aromatic rings. The van der Waals surface area contributed by atoms with Crippen molar-refractivity contribution in [2.24, 2.45) is 5.92 Å². The number of rotatable bonds is 7. The van der Waals surface area contributed by atoms with E-state index in [1.54, 1.807) is 0 Å². The molecule has 0 saturated carbocycles. The van der Waals surface area contributed by atoms with E-state index in [9.17, 15) is 9.59 Å². The Labute approximate surface area is 134 Å². The maximum atomic E-state index is 11.9. The summed E-state index contributed by atoms with van der Waals surface area (Å²) in [5.74, 6) is -0.342. The van der Waals surface area contributed by atoms with Crippen LogP contribution in [0, 0.1) is 5.92 Å². The van der Waals surface area contributed by atoms with Gasteiger partial charge in [0.25, 0.3) is 0 Å². The SMILES string of the molecule is CO/C=C\C(=O)CC1NC(=O)C1[C@@H](C)O[Si](C)(C)C(C)(C)C. The maximum Gasteiger partial charge on any atom is 0.228 e. The molecule has 0 aromatic carbocycles. The van der Waals surface area contributed by atoms with Crippen LogP contribution in [0.25, 0.3) is 0 Å². The largest absolute Gasteiger partial charge is 0.504 e. The van der Waals surface area contributed by atoms with Crippen LogP contribution in [0.5, 0.6) is 0 Å². The molecule has 5 nitrogen and oxygen atoms in total. The van der Waals surface area contributed by atoms with Gasteiger partial charge >= 0.3 is 0 Å². The summed E-state index contributed by atoms with van der Waals surface area (Å²) in [5.41, 5.74) is 0. The van der Waals surface area contributed by atoms with Crippen LogP contribution in [-0.4, -0.2) is 39.3 Å². The van der Waals surface area contributed by atoms with Crippen LogP contribution < -0.4 is 5.32 Å². The lowest BCUT2D eigenvalue weighted by atomic mass is 9.83. The van der Waals surface area contributed by atoms with E-state index in [0.717, 1.165) is 0 Å². The van der Waals surface area contributed by atoms with Gasteiger partial charge in [0.2, 0.25) is 5.91 Å². The molecule has 1 aliphatic heterocycles. The van der Waals surface area contributed by atoms with Crippen molar-refractivity contribution in [2.45, 2.75) is 64.4 Å². The van der Waals surface area contributed by atoms with E-state index in [4.69, 9.17) is 9.16 Å². The summed E-state index contributed by atoms with van der Waals surface area (Å²) < 4.78 is 11.0. The van der Waals surface area contributed by atoms with E-state index in [1.807, 2.05) is 6.92 Å². The van der Waals surface area contributed by atoms with Gasteiger partial charge in [0.05, 0.1) is 31.4 Å². The first-order chi connectivity index (χ1) is 9.99. The van der Waals surface area contributed by atoms with Gasteiger partial charge in [0.1, 0.15) is 0 Å². The van der Waals surface area contributed by atoms with Crippen molar-refractivity contribution < 1.29 is 18.8 Å². The van der Waals surface area contributed by atoms with E-state index in [2.05, 4.69) is 39.2 Å². The molecule has 0 spiro atoms. The molecule has 126 valence electrons. The predicted octanol–water partition coefficient (Wildman–Crippen LogP) is 2.63. The van der Waals surface area contributed by atoms with Gasteiger partial charge in [-0.05, 0) is 25.1 Å². The van der Waals surface area contributed by atoms with Crippen molar-refractivity contribution in [3.05, 3.63) is 12.3 Å². The zero-order valence-electron chi connectivity index (χ0n) is 14.7. The highest BCUT2D eigenvalue weighted by atomic mass is 28.4. The number of hydrogen-bond acceptors (Lipinski definition) is 4. The second kappa shape index (κ2) is 6.96. The van der Waals surface area contributed by atoms with Crippen LogP contribution in [0.1, 0.15) is 34.1 Å². The van der Waals surface area contributed by atoms with E-state index >= 15 is 0 Å². The average Bonchev–Trinajstić information content (AvgIpc) is 2.33. The molecule has 0 aliphatic carbocycles. The molecule has 0 aromatic heterocycles. The number of methoxy groups -OCH3 is 1. The van der Waals surface area contributed by atoms with Gasteiger partial charge in [-0.15, -0.1) is 0 Å². The number of ether oxygens (including phenoxy) is 1. The monoisotopic (exact) mass is 327 g/mol. The number of ketones is 1. The van der Waals surface area contributed by atoms with Crippen LogP contribution in [0.4, 0.5) is 0 Å². The quantitative estimate of drug-likeness (QED) is 0.338. The lowest BCUT2D eigenvalue weighted by Crippen LogP contribution is -2.64. The van der Waals surface area contributed by atoms with Crippen molar-refractivity contribution in [2.75, 3.05) is 7.11 Å². The molecule has 3 atom stereocenters. The van der Waals surface area contributed by atoms with Crippen LogP contribution in [0.2, 0.25) is 18.1 Å². The Bertz CT molecular complexity index is 454. The van der Waals surface area contributed by atoms with Gasteiger partial charge in [0.15, 0.2) is 14.1 Å². The molecule has 22 heavy (non-hydrogen) atoms. The summed E-state index contributed by atoms with van der Waals surface area (Å²) in [5, 5.41) is 2.90. The third-order valence-corrected chi connectivity index (χ3v) is 9.24. The lowest BCUT2D eigenvalue weighted by molar-refractivity contribution is -0.140. The second-order valence-corrected chi connectivity index (χ2v) is 12.2. The summed E-state index contributed by atoms with van der Waals surface area (Å²) in [6.07, 6.45) is 2.84. The Morgan fingerprint density at radius 2 is 2.00 bits per heavy atom. The van der Waals surface area contributed by atoms with Crippen molar-refractivity contribution in [1.29, 1.82) is 0 Å². The molecule has 1 aliphatic rings. The number of nitrogens with one attached hydrogen (secondary N) is 1. The maximum absolute atomic E-state index is 11.9. The molecule has 1 amide bonds. The minimum Gasteiger partial charge on any atom is -0.504 e. The highest BCUT2D eigenvalue weighted by Gasteiger charge is 2.47. The van der Waals surface area contributed by atoms with Crippen molar-refractivity contribution in [1.82, 2.24) is 5.32 Å². The number of allylic oxidation sites excluding steroid dienone is 1. The van der Waals surface area contributed by atoms with Gasteiger partial charge < -0.3 is 14.5 Å². The van der Waals surface area contributed by atoms with E-state index < -0.39 is 8.32 Å². The van der Waals surface area contributed by atoms with Gasteiger partial charge in [-0.3, -0.25) is 9.59 Å². The van der Waals surface area contributed by atoms with Gasteiger partial charge in [0, 0.05) is 12.5 Å². The lowest BCUT2D eigenvalue weighted by Gasteiger charge is -2.45. The molecular weight excluding hydrogens is 298 g/mol. The van der Waals surface area contributed by atoms with E-state index in [-0.39, 0.29) is 41.2 Å². The molecule has 0 bridgehead atoms. The highest BCUT2D eigenvalue weighted by Crippen LogP contribution is 2.39. The molecule has 1 rings (SSSR count). The van der Waals surface area contributed by atoms with Crippen LogP contribution in [0.3, 0.4) is 0 Å². The van der Waals surface area contributed by atoms with Gasteiger partial charge in [-0.2, -0.15) is 0 Å². The summed E-state index contributed by atoms with van der Waals surface area (Å²) in [7, 11) is -0.439. The number of β-lactam (4-membered cyclic amide) rings is 1. The van der Waals surface area contributed by atoms with Gasteiger partial charge in [-0.1, -0.05) is 20.8 Å². The Balaban J connectivity index is 2.67. The average molecular weight is 327 g/mol. The first kappa shape index (κ1) is 18.9. The number of hydrogen-bond donors (Lipinski definition) is 1. The highest BCUT2D eigenvalue weighted by molar-refractivity contribution is 6.74. The smallest absolute Gasteiger partial charge is 0.228 e. The molecular formula is C16H29NO4Si. The molecule has 2 unspecified atom stereocenters. The van der Waals surface area contributed by atoms with Crippen LogP contribution in [-0.2, 0) is 18.8 Å². The van der Waals surface area contributed by atoms with Crippen LogP contribution >= 0.6 is 0 Å². The summed E-state index contributed by atoms with van der Waals surface area (Å²) in [4.78, 5) is 23.7. The fourth-order valence-corrected chi connectivity index (χ4v) is 3.75. The minimum absolute atomic E-state index is 0.0280. The molecule has 1 saturated heterocycles. The van der Waals surface area contributed by atoms with E-state index in [0.29, 0.717) is 0 Å². The number of carbonyl (C=O) groups excluding carboxylic acids is 2. The summed E-state index contributed by atoms with van der Waals surface area (Å²) >= 11 is 0. The third kappa shape index (κ3) is 4.43. The fourth-order valence-electron chi connectivity index (χ4n) is 2.32. The standard InChI is InChI=1S/C16H29NO4Si/c1-11(21-22(6,7)16(2,3)4)14-13(17-15(14)19)10-12(18)8-9-20-5/h8-9,11,13-14H,10H2,1-7H3,(H,17,19)/b9-8-/t11-,13?,14?/m1/s1. The Hall–Kier alpha value is -1.14. The Morgan fingerprint density at radius 3 is 2.45 bits per heavy atom. The fraction of sp³-hybridized carbons (Fsp3) is 0.750. The van der Waals surface area contributed by atoms with Crippen LogP contribution in [0.15, 0.2) is 12.3 Å². The van der Waals surface area contributed by atoms with Gasteiger partial charge in [-0.25, -0.2) is 0 Å². The van der Waals surface area contributed by atoms with Crippen molar-refractivity contribution >= 4 is 20.0 Å². The first-order valence-electron chi connectivity index (χ1n) is 7.70. The normalized spacial score (nSPS) is 23.9. The number of amides is 1. The third-order valence-electron chi connectivity index (χ3n) is 4.67.